The zero-order chi connectivity index (χ0) is 19.3. The quantitative estimate of drug-likeness (QED) is 0.201. The summed E-state index contributed by atoms with van der Waals surface area (Å²) in [5.74, 6) is -0.0804. The van der Waals surface area contributed by atoms with Gasteiger partial charge in [0.1, 0.15) is 5.75 Å². The van der Waals surface area contributed by atoms with Crippen LogP contribution in [-0.2, 0) is 0 Å². The Morgan fingerprint density at radius 3 is 2.36 bits per heavy atom. The molecule has 4 rings (SSSR count). The molecule has 0 aliphatic rings. The van der Waals surface area contributed by atoms with E-state index in [1.807, 2.05) is 42.5 Å². The fourth-order valence-electron chi connectivity index (χ4n) is 2.81. The Morgan fingerprint density at radius 2 is 1.61 bits per heavy atom. The third-order valence-corrected chi connectivity index (χ3v) is 4.27. The molecule has 0 saturated carbocycles. The third-order valence-electron chi connectivity index (χ3n) is 4.27. The molecule has 4 nitrogen and oxygen atoms in total. The molecule has 0 spiro atoms. The molecule has 0 fully saturated rings. The van der Waals surface area contributed by atoms with Crippen LogP contribution < -0.4 is 4.74 Å². The Labute approximate surface area is 161 Å². The van der Waals surface area contributed by atoms with Crippen molar-refractivity contribution in [3.05, 3.63) is 108 Å². The standard InChI is InChI=1S/C24H16O4/c25-22(20-11-10-18-4-1-2-5-19(18)16-20)14-9-17-7-12-21(13-8-17)28-24(26)23-6-3-15-27-23/h1-16H/b14-9+. The van der Waals surface area contributed by atoms with E-state index in [4.69, 9.17) is 9.15 Å². The Morgan fingerprint density at radius 1 is 0.821 bits per heavy atom. The summed E-state index contributed by atoms with van der Waals surface area (Å²) in [6, 6.07) is 23.6. The zero-order valence-electron chi connectivity index (χ0n) is 14.9. The van der Waals surface area contributed by atoms with Crippen LogP contribution in [0, 0.1) is 0 Å². The van der Waals surface area contributed by atoms with Gasteiger partial charge >= 0.3 is 5.97 Å². The lowest BCUT2D eigenvalue weighted by atomic mass is 10.0. The maximum absolute atomic E-state index is 12.4. The molecule has 1 heterocycles. The molecule has 0 atom stereocenters. The molecule has 28 heavy (non-hydrogen) atoms. The Hall–Kier alpha value is -3.92. The van der Waals surface area contributed by atoms with Crippen LogP contribution in [0.1, 0.15) is 26.5 Å². The summed E-state index contributed by atoms with van der Waals surface area (Å²) in [5.41, 5.74) is 1.46. The van der Waals surface area contributed by atoms with Crippen molar-refractivity contribution >= 4 is 28.6 Å². The summed E-state index contributed by atoms with van der Waals surface area (Å²) >= 11 is 0. The van der Waals surface area contributed by atoms with Crippen LogP contribution >= 0.6 is 0 Å². The van der Waals surface area contributed by atoms with E-state index in [0.717, 1.165) is 16.3 Å². The van der Waals surface area contributed by atoms with Crippen LogP contribution in [0.2, 0.25) is 0 Å². The molecule has 4 heteroatoms. The number of ketones is 1. The maximum Gasteiger partial charge on any atom is 0.379 e. The number of esters is 1. The summed E-state index contributed by atoms with van der Waals surface area (Å²) in [6.45, 7) is 0. The van der Waals surface area contributed by atoms with Crippen molar-refractivity contribution in [3.8, 4) is 5.75 Å². The number of allylic oxidation sites excluding steroid dienone is 1. The van der Waals surface area contributed by atoms with Gasteiger partial charge in [-0.25, -0.2) is 4.79 Å². The average Bonchev–Trinajstić information content (AvgIpc) is 3.28. The number of hydrogen-bond donors (Lipinski definition) is 0. The highest BCUT2D eigenvalue weighted by Gasteiger charge is 2.11. The third kappa shape index (κ3) is 3.91. The molecule has 0 N–H and O–H groups in total. The predicted molar refractivity (Wildman–Crippen MR) is 107 cm³/mol. The van der Waals surface area contributed by atoms with Gasteiger partial charge in [-0.1, -0.05) is 54.6 Å². The zero-order valence-corrected chi connectivity index (χ0v) is 14.9. The fourth-order valence-corrected chi connectivity index (χ4v) is 2.81. The van der Waals surface area contributed by atoms with Crippen molar-refractivity contribution in [2.24, 2.45) is 0 Å². The van der Waals surface area contributed by atoms with Crippen molar-refractivity contribution in [1.29, 1.82) is 0 Å². The highest BCUT2D eigenvalue weighted by atomic mass is 16.5. The minimum absolute atomic E-state index is 0.0703. The van der Waals surface area contributed by atoms with Gasteiger partial charge in [-0.05, 0) is 52.7 Å². The SMILES string of the molecule is O=C(/C=C/c1ccc(OC(=O)c2ccco2)cc1)c1ccc2ccccc2c1. The molecule has 0 amide bonds. The molecule has 3 aromatic carbocycles. The van der Waals surface area contributed by atoms with Crippen molar-refractivity contribution in [1.82, 2.24) is 0 Å². The summed E-state index contributed by atoms with van der Waals surface area (Å²) < 4.78 is 10.2. The van der Waals surface area contributed by atoms with Crippen LogP contribution in [-0.4, -0.2) is 11.8 Å². The van der Waals surface area contributed by atoms with E-state index in [2.05, 4.69) is 0 Å². The van der Waals surface area contributed by atoms with Gasteiger partial charge in [0.05, 0.1) is 6.26 Å². The molecule has 0 bridgehead atoms. The highest BCUT2D eigenvalue weighted by molar-refractivity contribution is 6.08. The minimum Gasteiger partial charge on any atom is -0.457 e. The van der Waals surface area contributed by atoms with Gasteiger partial charge in [0, 0.05) is 5.56 Å². The van der Waals surface area contributed by atoms with Gasteiger partial charge in [-0.3, -0.25) is 4.79 Å². The topological polar surface area (TPSA) is 56.5 Å². The molecular formula is C24H16O4. The van der Waals surface area contributed by atoms with Gasteiger partial charge in [0.15, 0.2) is 5.78 Å². The second kappa shape index (κ2) is 7.76. The van der Waals surface area contributed by atoms with Gasteiger partial charge in [0.25, 0.3) is 0 Å². The number of fused-ring (bicyclic) bond motifs is 1. The van der Waals surface area contributed by atoms with E-state index < -0.39 is 5.97 Å². The molecular weight excluding hydrogens is 352 g/mol. The van der Waals surface area contributed by atoms with Crippen LogP contribution in [0.3, 0.4) is 0 Å². The van der Waals surface area contributed by atoms with Crippen molar-refractivity contribution in [3.63, 3.8) is 0 Å². The van der Waals surface area contributed by atoms with Gasteiger partial charge in [-0.15, -0.1) is 0 Å². The van der Waals surface area contributed by atoms with Gasteiger partial charge in [0.2, 0.25) is 5.76 Å². The lowest BCUT2D eigenvalue weighted by molar-refractivity contribution is 0.0701. The summed E-state index contributed by atoms with van der Waals surface area (Å²) in [7, 11) is 0. The second-order valence-corrected chi connectivity index (χ2v) is 6.20. The number of carbonyl (C=O) groups excluding carboxylic acids is 2. The van der Waals surface area contributed by atoms with E-state index in [0.29, 0.717) is 11.3 Å². The average molecular weight is 368 g/mol. The van der Waals surface area contributed by atoms with Crippen molar-refractivity contribution < 1.29 is 18.7 Å². The first-order valence-corrected chi connectivity index (χ1v) is 8.76. The number of rotatable bonds is 5. The molecule has 0 radical (unpaired) electrons. The lowest BCUT2D eigenvalue weighted by Gasteiger charge is -2.03. The van der Waals surface area contributed by atoms with Crippen LogP contribution in [0.5, 0.6) is 5.75 Å². The normalized spacial score (nSPS) is 11.0. The number of hydrogen-bond acceptors (Lipinski definition) is 4. The van der Waals surface area contributed by atoms with E-state index in [1.165, 1.54) is 18.4 Å². The smallest absolute Gasteiger partial charge is 0.379 e. The van der Waals surface area contributed by atoms with E-state index in [9.17, 15) is 9.59 Å². The number of ether oxygens (including phenoxy) is 1. The Bertz CT molecular complexity index is 1150. The van der Waals surface area contributed by atoms with Gasteiger partial charge < -0.3 is 9.15 Å². The number of benzene rings is 3. The van der Waals surface area contributed by atoms with E-state index in [1.54, 1.807) is 36.4 Å². The van der Waals surface area contributed by atoms with Crippen LogP contribution in [0.25, 0.3) is 16.8 Å². The first-order valence-electron chi connectivity index (χ1n) is 8.76. The lowest BCUT2D eigenvalue weighted by Crippen LogP contribution is -2.06. The second-order valence-electron chi connectivity index (χ2n) is 6.20. The van der Waals surface area contributed by atoms with Crippen LogP contribution in [0.15, 0.2) is 95.6 Å². The van der Waals surface area contributed by atoms with Gasteiger partial charge in [-0.2, -0.15) is 0 Å². The maximum atomic E-state index is 12.4. The van der Waals surface area contributed by atoms with E-state index >= 15 is 0 Å². The highest BCUT2D eigenvalue weighted by Crippen LogP contribution is 2.18. The fraction of sp³-hybridized carbons (Fsp3) is 0. The molecule has 0 unspecified atom stereocenters. The Balaban J connectivity index is 1.43. The summed E-state index contributed by atoms with van der Waals surface area (Å²) in [6.07, 6.45) is 4.68. The Kier molecular flexibility index (Phi) is 4.85. The molecule has 4 aromatic rings. The summed E-state index contributed by atoms with van der Waals surface area (Å²) in [4.78, 5) is 24.3. The van der Waals surface area contributed by atoms with E-state index in [-0.39, 0.29) is 11.5 Å². The monoisotopic (exact) mass is 368 g/mol. The van der Waals surface area contributed by atoms with Crippen molar-refractivity contribution in [2.45, 2.75) is 0 Å². The molecule has 1 aromatic heterocycles. The molecule has 0 saturated heterocycles. The number of carbonyl (C=O) groups is 2. The largest absolute Gasteiger partial charge is 0.457 e. The number of furan rings is 1. The summed E-state index contributed by atoms with van der Waals surface area (Å²) in [5, 5.41) is 2.13. The first-order chi connectivity index (χ1) is 13.7. The molecule has 0 aliphatic heterocycles. The first kappa shape index (κ1) is 17.5. The molecule has 136 valence electrons. The molecule has 0 aliphatic carbocycles. The predicted octanol–water partition coefficient (Wildman–Crippen LogP) is 5.55. The minimum atomic E-state index is -0.556. The van der Waals surface area contributed by atoms with Crippen molar-refractivity contribution in [2.75, 3.05) is 0 Å². The van der Waals surface area contributed by atoms with Crippen LogP contribution in [0.4, 0.5) is 0 Å².